The minimum Gasteiger partial charge on any atom is -0.497 e. The first-order valence-electron chi connectivity index (χ1n) is 9.17. The molecule has 2 amide bonds. The Morgan fingerprint density at radius 3 is 2.48 bits per heavy atom. The Morgan fingerprint density at radius 2 is 1.79 bits per heavy atom. The summed E-state index contributed by atoms with van der Waals surface area (Å²) in [6, 6.07) is 14.2. The van der Waals surface area contributed by atoms with Gasteiger partial charge in [-0.3, -0.25) is 14.4 Å². The van der Waals surface area contributed by atoms with Crippen molar-refractivity contribution in [1.29, 1.82) is 0 Å². The van der Waals surface area contributed by atoms with Crippen molar-refractivity contribution in [2.24, 2.45) is 0 Å². The number of thioether (sulfide) groups is 1. The lowest BCUT2D eigenvalue weighted by Crippen LogP contribution is -2.28. The summed E-state index contributed by atoms with van der Waals surface area (Å²) in [5.41, 5.74) is 0.772. The highest BCUT2D eigenvalue weighted by molar-refractivity contribution is 8.00. The SMILES string of the molecule is COc1ccc(SCC(=O)OCC(=O)Nc2ccccc2C(=O)NC2CC2)cc1. The van der Waals surface area contributed by atoms with E-state index >= 15 is 0 Å². The highest BCUT2D eigenvalue weighted by Gasteiger charge is 2.25. The summed E-state index contributed by atoms with van der Waals surface area (Å²) < 4.78 is 10.1. The Kier molecular flexibility index (Phi) is 7.13. The molecule has 29 heavy (non-hydrogen) atoms. The van der Waals surface area contributed by atoms with Crippen LogP contribution in [0.5, 0.6) is 5.75 Å². The van der Waals surface area contributed by atoms with Gasteiger partial charge in [0, 0.05) is 10.9 Å². The quantitative estimate of drug-likeness (QED) is 0.484. The Morgan fingerprint density at radius 1 is 1.07 bits per heavy atom. The molecule has 1 aliphatic carbocycles. The molecule has 152 valence electrons. The zero-order valence-corrected chi connectivity index (χ0v) is 16.8. The third-order valence-electron chi connectivity index (χ3n) is 4.14. The first kappa shape index (κ1) is 20.7. The van der Waals surface area contributed by atoms with Crippen molar-refractivity contribution in [2.75, 3.05) is 24.8 Å². The molecule has 0 radical (unpaired) electrons. The number of carbonyl (C=O) groups is 3. The summed E-state index contributed by atoms with van der Waals surface area (Å²) in [6.07, 6.45) is 1.95. The fraction of sp³-hybridized carbons (Fsp3) is 0.286. The van der Waals surface area contributed by atoms with Crippen LogP contribution in [0.3, 0.4) is 0 Å². The van der Waals surface area contributed by atoms with Crippen LogP contribution in [0.2, 0.25) is 0 Å². The molecule has 0 saturated heterocycles. The molecule has 1 fully saturated rings. The van der Waals surface area contributed by atoms with E-state index in [1.807, 2.05) is 12.1 Å². The zero-order valence-electron chi connectivity index (χ0n) is 16.0. The summed E-state index contributed by atoms with van der Waals surface area (Å²) in [5.74, 6) is -0.406. The Bertz CT molecular complexity index is 881. The zero-order chi connectivity index (χ0) is 20.6. The van der Waals surface area contributed by atoms with Crippen LogP contribution in [0.1, 0.15) is 23.2 Å². The van der Waals surface area contributed by atoms with Crippen LogP contribution in [0.15, 0.2) is 53.4 Å². The van der Waals surface area contributed by atoms with Gasteiger partial charge in [0.2, 0.25) is 0 Å². The van der Waals surface area contributed by atoms with Crippen LogP contribution in [0.4, 0.5) is 5.69 Å². The number of methoxy groups -OCH3 is 1. The highest BCUT2D eigenvalue weighted by atomic mass is 32.2. The molecule has 0 aliphatic heterocycles. The van der Waals surface area contributed by atoms with Gasteiger partial charge >= 0.3 is 5.97 Å². The van der Waals surface area contributed by atoms with Crippen LogP contribution < -0.4 is 15.4 Å². The minimum atomic E-state index is -0.500. The molecule has 0 spiro atoms. The predicted molar refractivity (Wildman–Crippen MR) is 110 cm³/mol. The molecule has 1 saturated carbocycles. The van der Waals surface area contributed by atoms with Gasteiger partial charge in [-0.15, -0.1) is 11.8 Å². The summed E-state index contributed by atoms with van der Waals surface area (Å²) in [6.45, 7) is -0.416. The van der Waals surface area contributed by atoms with Gasteiger partial charge in [-0.1, -0.05) is 12.1 Å². The summed E-state index contributed by atoms with van der Waals surface area (Å²) in [7, 11) is 1.59. The van der Waals surface area contributed by atoms with E-state index in [4.69, 9.17) is 9.47 Å². The van der Waals surface area contributed by atoms with Crippen LogP contribution >= 0.6 is 11.8 Å². The molecule has 8 heteroatoms. The fourth-order valence-corrected chi connectivity index (χ4v) is 3.17. The van der Waals surface area contributed by atoms with E-state index in [1.165, 1.54) is 11.8 Å². The van der Waals surface area contributed by atoms with Gasteiger partial charge in [-0.05, 0) is 49.2 Å². The predicted octanol–water partition coefficient (Wildman–Crippen LogP) is 2.86. The van der Waals surface area contributed by atoms with Crippen molar-refractivity contribution < 1.29 is 23.9 Å². The van der Waals surface area contributed by atoms with Crippen molar-refractivity contribution in [3.05, 3.63) is 54.1 Å². The Labute approximate surface area is 173 Å². The van der Waals surface area contributed by atoms with E-state index in [0.29, 0.717) is 11.3 Å². The highest BCUT2D eigenvalue weighted by Crippen LogP contribution is 2.22. The lowest BCUT2D eigenvalue weighted by atomic mass is 10.1. The van der Waals surface area contributed by atoms with Gasteiger partial charge in [-0.25, -0.2) is 0 Å². The number of benzene rings is 2. The molecule has 7 nitrogen and oxygen atoms in total. The number of amides is 2. The number of hydrogen-bond acceptors (Lipinski definition) is 6. The number of para-hydroxylation sites is 1. The lowest BCUT2D eigenvalue weighted by Gasteiger charge is -2.11. The fourth-order valence-electron chi connectivity index (χ4n) is 2.47. The van der Waals surface area contributed by atoms with Crippen LogP contribution in [0.25, 0.3) is 0 Å². The number of nitrogens with one attached hydrogen (secondary N) is 2. The average Bonchev–Trinajstić information content (AvgIpc) is 3.55. The second kappa shape index (κ2) is 9.97. The van der Waals surface area contributed by atoms with Gasteiger partial charge in [0.15, 0.2) is 6.61 Å². The number of anilines is 1. The maximum Gasteiger partial charge on any atom is 0.316 e. The van der Waals surface area contributed by atoms with Gasteiger partial charge < -0.3 is 20.1 Å². The molecule has 2 aromatic rings. The van der Waals surface area contributed by atoms with E-state index < -0.39 is 18.5 Å². The van der Waals surface area contributed by atoms with Crippen molar-refractivity contribution in [3.8, 4) is 5.75 Å². The smallest absolute Gasteiger partial charge is 0.316 e. The van der Waals surface area contributed by atoms with E-state index in [0.717, 1.165) is 23.5 Å². The Hall–Kier alpha value is -3.00. The lowest BCUT2D eigenvalue weighted by molar-refractivity contribution is -0.144. The monoisotopic (exact) mass is 414 g/mol. The summed E-state index contributed by atoms with van der Waals surface area (Å²) in [5, 5.41) is 5.52. The first-order chi connectivity index (χ1) is 14.0. The average molecular weight is 414 g/mol. The van der Waals surface area contributed by atoms with Crippen molar-refractivity contribution in [3.63, 3.8) is 0 Å². The van der Waals surface area contributed by atoms with Crippen molar-refractivity contribution in [2.45, 2.75) is 23.8 Å². The number of hydrogen-bond donors (Lipinski definition) is 2. The van der Waals surface area contributed by atoms with Crippen LogP contribution in [-0.2, 0) is 14.3 Å². The van der Waals surface area contributed by atoms with E-state index in [2.05, 4.69) is 10.6 Å². The normalized spacial score (nSPS) is 12.7. The van der Waals surface area contributed by atoms with E-state index in [9.17, 15) is 14.4 Å². The van der Waals surface area contributed by atoms with Crippen LogP contribution in [0, 0.1) is 0 Å². The second-order valence-corrected chi connectivity index (χ2v) is 7.52. The molecule has 0 bridgehead atoms. The largest absolute Gasteiger partial charge is 0.497 e. The van der Waals surface area contributed by atoms with E-state index in [-0.39, 0.29) is 17.7 Å². The summed E-state index contributed by atoms with van der Waals surface area (Å²) in [4.78, 5) is 37.2. The standard InChI is InChI=1S/C21H22N2O5S/c1-27-15-8-10-16(11-9-15)29-13-20(25)28-12-19(24)23-18-5-3-2-4-17(18)21(26)22-14-6-7-14/h2-5,8-11,14H,6-7,12-13H2,1H3,(H,22,26)(H,23,24). The minimum absolute atomic E-state index is 0.0833. The maximum absolute atomic E-state index is 12.3. The number of ether oxygens (including phenoxy) is 2. The summed E-state index contributed by atoms with van der Waals surface area (Å²) >= 11 is 1.31. The third-order valence-corrected chi connectivity index (χ3v) is 5.12. The number of carbonyl (C=O) groups excluding carboxylic acids is 3. The maximum atomic E-state index is 12.3. The van der Waals surface area contributed by atoms with Gasteiger partial charge in [0.1, 0.15) is 5.75 Å². The third kappa shape index (κ3) is 6.53. The molecule has 2 N–H and O–H groups in total. The number of rotatable bonds is 9. The van der Waals surface area contributed by atoms with Gasteiger partial charge in [0.05, 0.1) is 24.1 Å². The molecule has 3 rings (SSSR count). The van der Waals surface area contributed by atoms with Crippen molar-refractivity contribution in [1.82, 2.24) is 5.32 Å². The second-order valence-electron chi connectivity index (χ2n) is 6.47. The molecular weight excluding hydrogens is 392 g/mol. The molecule has 0 atom stereocenters. The van der Waals surface area contributed by atoms with Gasteiger partial charge in [-0.2, -0.15) is 0 Å². The molecule has 0 unspecified atom stereocenters. The molecule has 2 aromatic carbocycles. The molecule has 0 heterocycles. The first-order valence-corrected chi connectivity index (χ1v) is 10.2. The number of esters is 1. The Balaban J connectivity index is 1.44. The molecular formula is C21H22N2O5S. The van der Waals surface area contributed by atoms with Crippen molar-refractivity contribution >= 4 is 35.2 Å². The van der Waals surface area contributed by atoms with E-state index in [1.54, 1.807) is 43.5 Å². The van der Waals surface area contributed by atoms with Gasteiger partial charge in [0.25, 0.3) is 11.8 Å². The molecule has 0 aromatic heterocycles. The topological polar surface area (TPSA) is 93.7 Å². The molecule has 1 aliphatic rings. The van der Waals surface area contributed by atoms with Crippen LogP contribution in [-0.4, -0.2) is 43.3 Å².